The highest BCUT2D eigenvalue weighted by molar-refractivity contribution is 6.01. The summed E-state index contributed by atoms with van der Waals surface area (Å²) in [4.78, 5) is 41.8. The molecule has 2 aromatic carbocycles. The summed E-state index contributed by atoms with van der Waals surface area (Å²) in [6, 6.07) is 13.7. The predicted molar refractivity (Wildman–Crippen MR) is 113 cm³/mol. The fourth-order valence-corrected chi connectivity index (χ4v) is 4.50. The second kappa shape index (κ2) is 6.76. The van der Waals surface area contributed by atoms with Crippen LogP contribution in [0.2, 0.25) is 0 Å². The molecule has 0 spiro atoms. The monoisotopic (exact) mass is 417 g/mol. The van der Waals surface area contributed by atoms with E-state index in [1.54, 1.807) is 24.0 Å². The fraction of sp³-hybridized carbons (Fsp3) is 0.227. The van der Waals surface area contributed by atoms with E-state index in [-0.39, 0.29) is 24.0 Å². The summed E-state index contributed by atoms with van der Waals surface area (Å²) in [7, 11) is 0. The van der Waals surface area contributed by atoms with E-state index in [1.165, 1.54) is 23.4 Å². The average Bonchev–Trinajstić information content (AvgIpc) is 3.16. The highest BCUT2D eigenvalue weighted by Gasteiger charge is 2.54. The van der Waals surface area contributed by atoms with Crippen LogP contribution in [-0.4, -0.2) is 50.9 Å². The number of non-ortho nitro benzene ring substituents is 1. The first-order chi connectivity index (χ1) is 14.9. The maximum absolute atomic E-state index is 13.5. The molecule has 9 heteroatoms. The number of amides is 2. The lowest BCUT2D eigenvalue weighted by Gasteiger charge is -2.48. The minimum absolute atomic E-state index is 0.0296. The Kier molecular flexibility index (Phi) is 4.14. The van der Waals surface area contributed by atoms with Gasteiger partial charge in [-0.25, -0.2) is 5.01 Å². The summed E-state index contributed by atoms with van der Waals surface area (Å²) in [5, 5.41) is 17.3. The Bertz CT molecular complexity index is 1260. The summed E-state index contributed by atoms with van der Waals surface area (Å²) in [6.45, 7) is 2.08. The van der Waals surface area contributed by atoms with Crippen LogP contribution in [-0.2, 0) is 21.5 Å². The Labute approximate surface area is 177 Å². The molecule has 1 fully saturated rings. The number of piperazine rings is 1. The molecule has 3 heterocycles. The number of nitrogens with zero attached hydrogens (tertiary/aromatic N) is 4. The topological polar surface area (TPSA) is 112 Å². The third-order valence-corrected chi connectivity index (χ3v) is 6.11. The second-order valence-electron chi connectivity index (χ2n) is 7.85. The zero-order chi connectivity index (χ0) is 21.8. The van der Waals surface area contributed by atoms with E-state index in [4.69, 9.17) is 0 Å². The van der Waals surface area contributed by atoms with Crippen LogP contribution < -0.4 is 0 Å². The zero-order valence-electron chi connectivity index (χ0n) is 16.7. The van der Waals surface area contributed by atoms with Crippen molar-refractivity contribution in [3.8, 4) is 0 Å². The average molecular weight is 417 g/mol. The minimum atomic E-state index is -1.17. The lowest BCUT2D eigenvalue weighted by Crippen LogP contribution is -2.65. The molecule has 5 rings (SSSR count). The molecule has 2 aliphatic rings. The first-order valence-corrected chi connectivity index (χ1v) is 9.90. The number of para-hydroxylation sites is 1. The third-order valence-electron chi connectivity index (χ3n) is 6.11. The lowest BCUT2D eigenvalue weighted by atomic mass is 9.83. The molecule has 0 unspecified atom stereocenters. The summed E-state index contributed by atoms with van der Waals surface area (Å²) in [5.74, 6) is -0.468. The Morgan fingerprint density at radius 2 is 1.90 bits per heavy atom. The number of hydrogen-bond acceptors (Lipinski definition) is 5. The maximum Gasteiger partial charge on any atom is 0.275 e. The van der Waals surface area contributed by atoms with Crippen molar-refractivity contribution < 1.29 is 14.5 Å². The van der Waals surface area contributed by atoms with Crippen molar-refractivity contribution in [2.75, 3.05) is 13.1 Å². The van der Waals surface area contributed by atoms with E-state index in [0.717, 1.165) is 22.2 Å². The van der Waals surface area contributed by atoms with Gasteiger partial charge in [0, 0.05) is 29.6 Å². The minimum Gasteiger partial charge on any atom is -0.356 e. The molecular weight excluding hydrogens is 398 g/mol. The Hall–Kier alpha value is -4.01. The van der Waals surface area contributed by atoms with Gasteiger partial charge in [-0.05, 0) is 42.7 Å². The highest BCUT2D eigenvalue weighted by Crippen LogP contribution is 2.41. The quantitative estimate of drug-likeness (QED) is 0.401. The number of H-pyrrole nitrogens is 1. The van der Waals surface area contributed by atoms with Gasteiger partial charge in [0.2, 0.25) is 5.91 Å². The number of fused-ring (bicyclic) bond motifs is 5. The van der Waals surface area contributed by atoms with Gasteiger partial charge in [-0.15, -0.1) is 0 Å². The van der Waals surface area contributed by atoms with Gasteiger partial charge in [-0.2, -0.15) is 5.10 Å². The Balaban J connectivity index is 1.51. The molecule has 0 radical (unpaired) electrons. The number of aromatic amines is 1. The van der Waals surface area contributed by atoms with Crippen molar-refractivity contribution >= 4 is 34.6 Å². The number of nitrogens with one attached hydrogen (secondary N) is 1. The molecule has 156 valence electrons. The smallest absolute Gasteiger partial charge is 0.275 e. The van der Waals surface area contributed by atoms with Crippen molar-refractivity contribution in [1.29, 1.82) is 0 Å². The molecule has 31 heavy (non-hydrogen) atoms. The molecule has 1 aromatic heterocycles. The van der Waals surface area contributed by atoms with E-state index < -0.39 is 10.5 Å². The first kappa shape index (κ1) is 19.0. The maximum atomic E-state index is 13.5. The Morgan fingerprint density at radius 1 is 1.16 bits per heavy atom. The van der Waals surface area contributed by atoms with E-state index in [0.29, 0.717) is 18.5 Å². The van der Waals surface area contributed by atoms with Gasteiger partial charge < -0.3 is 9.88 Å². The van der Waals surface area contributed by atoms with Crippen molar-refractivity contribution in [2.45, 2.75) is 18.9 Å². The van der Waals surface area contributed by atoms with E-state index >= 15 is 0 Å². The molecular formula is C22H19N5O4. The number of hydrogen-bond donors (Lipinski definition) is 1. The molecule has 9 nitrogen and oxygen atoms in total. The SMILES string of the molecule is C[C@@]12C(=O)N(/N=C/c3ccc([N+](=O)[O-])cc3)CC(=O)N1CCc1c2[nH]c2ccccc12. The summed E-state index contributed by atoms with van der Waals surface area (Å²) in [5.41, 5.74) is 2.10. The van der Waals surface area contributed by atoms with Crippen LogP contribution in [0, 0.1) is 10.1 Å². The highest BCUT2D eigenvalue weighted by atomic mass is 16.6. The van der Waals surface area contributed by atoms with E-state index in [9.17, 15) is 19.7 Å². The van der Waals surface area contributed by atoms with Crippen molar-refractivity contribution in [3.05, 3.63) is 75.5 Å². The normalized spacial score (nSPS) is 20.9. The van der Waals surface area contributed by atoms with Crippen LogP contribution in [0.3, 0.4) is 0 Å². The molecule has 1 atom stereocenters. The van der Waals surface area contributed by atoms with Gasteiger partial charge >= 0.3 is 0 Å². The van der Waals surface area contributed by atoms with Crippen LogP contribution in [0.25, 0.3) is 10.9 Å². The molecule has 0 saturated carbocycles. The lowest BCUT2D eigenvalue weighted by molar-refractivity contribution is -0.384. The van der Waals surface area contributed by atoms with Gasteiger partial charge in [0.15, 0.2) is 5.54 Å². The number of nitro groups is 1. The van der Waals surface area contributed by atoms with Crippen LogP contribution in [0.15, 0.2) is 53.6 Å². The molecule has 0 bridgehead atoms. The summed E-state index contributed by atoms with van der Waals surface area (Å²) < 4.78 is 0. The van der Waals surface area contributed by atoms with Gasteiger partial charge in [0.25, 0.3) is 11.6 Å². The van der Waals surface area contributed by atoms with Crippen LogP contribution in [0.5, 0.6) is 0 Å². The van der Waals surface area contributed by atoms with Crippen LogP contribution in [0.4, 0.5) is 5.69 Å². The number of hydrazone groups is 1. The van der Waals surface area contributed by atoms with Gasteiger partial charge in [-0.1, -0.05) is 18.2 Å². The molecule has 1 saturated heterocycles. The number of nitro benzene ring substituents is 1. The number of rotatable bonds is 3. The van der Waals surface area contributed by atoms with E-state index in [1.807, 2.05) is 24.3 Å². The number of benzene rings is 2. The first-order valence-electron chi connectivity index (χ1n) is 9.90. The second-order valence-corrected chi connectivity index (χ2v) is 7.85. The number of aromatic nitrogens is 1. The molecule has 1 N–H and O–H groups in total. The summed E-state index contributed by atoms with van der Waals surface area (Å²) >= 11 is 0. The Morgan fingerprint density at radius 3 is 2.65 bits per heavy atom. The van der Waals surface area contributed by atoms with Crippen molar-refractivity contribution in [1.82, 2.24) is 14.9 Å². The van der Waals surface area contributed by atoms with E-state index in [2.05, 4.69) is 10.1 Å². The van der Waals surface area contributed by atoms with Gasteiger partial charge in [0.1, 0.15) is 6.54 Å². The van der Waals surface area contributed by atoms with Gasteiger partial charge in [0.05, 0.1) is 16.8 Å². The van der Waals surface area contributed by atoms with Crippen LogP contribution >= 0.6 is 0 Å². The molecule has 3 aromatic rings. The molecule has 2 aliphatic heterocycles. The summed E-state index contributed by atoms with van der Waals surface area (Å²) in [6.07, 6.45) is 2.11. The number of carbonyl (C=O) groups excluding carboxylic acids is 2. The molecule has 0 aliphatic carbocycles. The van der Waals surface area contributed by atoms with Crippen molar-refractivity contribution in [2.24, 2.45) is 5.10 Å². The number of carbonyl (C=O) groups is 2. The molecule has 2 amide bonds. The van der Waals surface area contributed by atoms with Gasteiger partial charge in [-0.3, -0.25) is 19.7 Å². The standard InChI is InChI=1S/C22H19N5O4/c1-22-20-17(16-4-2-3-5-18(16)24-20)10-11-25(22)19(28)13-26(21(22)29)23-12-14-6-8-15(9-7-14)27(30)31/h2-9,12,24H,10-11,13H2,1H3/b23-12+/t22-/m1/s1. The van der Waals surface area contributed by atoms with Crippen LogP contribution in [0.1, 0.15) is 23.7 Å². The zero-order valence-corrected chi connectivity index (χ0v) is 16.7. The predicted octanol–water partition coefficient (Wildman–Crippen LogP) is 2.55. The third kappa shape index (κ3) is 2.81. The largest absolute Gasteiger partial charge is 0.356 e. The van der Waals surface area contributed by atoms with Crippen molar-refractivity contribution in [3.63, 3.8) is 0 Å². The fourth-order valence-electron chi connectivity index (χ4n) is 4.50.